The highest BCUT2D eigenvalue weighted by Gasteiger charge is 2.35. The smallest absolute Gasteiger partial charge is 0.328 e. The van der Waals surface area contributed by atoms with Crippen molar-refractivity contribution in [2.45, 2.75) is 70.6 Å². The van der Waals surface area contributed by atoms with Gasteiger partial charge in [-0.25, -0.2) is 24.1 Å². The van der Waals surface area contributed by atoms with Gasteiger partial charge in [0.1, 0.15) is 18.5 Å². The molecule has 2 aromatic carbocycles. The minimum Gasteiger partial charge on any atom is -0.474 e. The Labute approximate surface area is 326 Å². The summed E-state index contributed by atoms with van der Waals surface area (Å²) in [5.41, 5.74) is 10.2. The predicted octanol–water partition coefficient (Wildman–Crippen LogP) is 5.84. The molecule has 3 amide bonds. The van der Waals surface area contributed by atoms with E-state index in [2.05, 4.69) is 59.7 Å². The second kappa shape index (κ2) is 15.2. The van der Waals surface area contributed by atoms with Gasteiger partial charge in [0.2, 0.25) is 17.7 Å². The summed E-state index contributed by atoms with van der Waals surface area (Å²) in [7, 11) is 0. The molecule has 292 valence electrons. The van der Waals surface area contributed by atoms with Crippen molar-refractivity contribution in [2.24, 2.45) is 0 Å². The highest BCUT2D eigenvalue weighted by Crippen LogP contribution is 2.37. The zero-order chi connectivity index (χ0) is 38.3. The van der Waals surface area contributed by atoms with Crippen molar-refractivity contribution in [3.05, 3.63) is 82.8 Å². The Morgan fingerprint density at radius 3 is 2.52 bits per heavy atom. The first-order valence-corrected chi connectivity index (χ1v) is 20.0. The van der Waals surface area contributed by atoms with E-state index in [4.69, 9.17) is 9.72 Å². The number of benzene rings is 2. The Kier molecular flexibility index (Phi) is 9.82. The van der Waals surface area contributed by atoms with Gasteiger partial charge >= 0.3 is 6.03 Å². The third-order valence-electron chi connectivity index (χ3n) is 12.2. The van der Waals surface area contributed by atoms with E-state index >= 15 is 4.39 Å². The van der Waals surface area contributed by atoms with Gasteiger partial charge < -0.3 is 25.2 Å². The van der Waals surface area contributed by atoms with Gasteiger partial charge in [-0.15, -0.1) is 0 Å². The minimum atomic E-state index is -0.928. The first-order valence-electron chi connectivity index (χ1n) is 20.0. The lowest BCUT2D eigenvalue weighted by Gasteiger charge is -2.43. The summed E-state index contributed by atoms with van der Waals surface area (Å²) in [5, 5.41) is 9.22. The van der Waals surface area contributed by atoms with Crippen LogP contribution in [0, 0.1) is 13.8 Å². The molecule has 2 atom stereocenters. The Bertz CT molecular complexity index is 2120. The maximum Gasteiger partial charge on any atom is 0.328 e. The molecule has 5 aliphatic heterocycles. The number of fused-ring (bicyclic) bond motifs is 2. The van der Waals surface area contributed by atoms with Crippen LogP contribution in [-0.2, 0) is 17.8 Å². The molecule has 3 N–H and O–H groups in total. The third kappa shape index (κ3) is 7.17. The van der Waals surface area contributed by atoms with Crippen molar-refractivity contribution >= 4 is 46.3 Å². The van der Waals surface area contributed by atoms with Gasteiger partial charge in [0, 0.05) is 86.5 Å². The van der Waals surface area contributed by atoms with Crippen LogP contribution in [0.2, 0.25) is 0 Å². The molecule has 4 aromatic rings. The number of ether oxygens (including phenoxy) is 1. The van der Waals surface area contributed by atoms with Crippen molar-refractivity contribution in [1.29, 1.82) is 0 Å². The number of carbonyl (C=O) groups is 2. The van der Waals surface area contributed by atoms with Crippen LogP contribution in [0.15, 0.2) is 54.9 Å². The number of aromatic nitrogens is 3. The molecular formula is C42H49FN10O3. The topological polar surface area (TPSA) is 131 Å². The summed E-state index contributed by atoms with van der Waals surface area (Å²) in [6, 6.07) is 14.3. The predicted molar refractivity (Wildman–Crippen MR) is 215 cm³/mol. The molecule has 2 aromatic heterocycles. The zero-order valence-corrected chi connectivity index (χ0v) is 32.1. The van der Waals surface area contributed by atoms with Crippen LogP contribution in [0.25, 0.3) is 0 Å². The highest BCUT2D eigenvalue weighted by atomic mass is 19.1. The molecule has 14 heteroatoms. The number of urea groups is 1. The van der Waals surface area contributed by atoms with Crippen LogP contribution in [0.5, 0.6) is 5.88 Å². The summed E-state index contributed by atoms with van der Waals surface area (Å²) < 4.78 is 21.6. The highest BCUT2D eigenvalue weighted by molar-refractivity contribution is 6.06. The van der Waals surface area contributed by atoms with Gasteiger partial charge in [-0.2, -0.15) is 0 Å². The largest absolute Gasteiger partial charge is 0.474 e. The van der Waals surface area contributed by atoms with Gasteiger partial charge in [0.15, 0.2) is 0 Å². The van der Waals surface area contributed by atoms with Crippen molar-refractivity contribution in [3.63, 3.8) is 0 Å². The molecule has 9 rings (SSSR count). The SMILES string of the molecule is Cc1cc(N2CCC(N3CC[C@@H](c4ccc(Nc5ncc6c(n5)CN(c5cnc7c(c5C)NCCO7)CC6)cc4)[C@@H](F)C3)CC2)ccc1N1CCC(=O)NC1=O. The lowest BCUT2D eigenvalue weighted by molar-refractivity contribution is -0.120. The average Bonchev–Trinajstić information content (AvgIpc) is 3.21. The van der Waals surface area contributed by atoms with Crippen molar-refractivity contribution < 1.29 is 18.7 Å². The van der Waals surface area contributed by atoms with E-state index in [-0.39, 0.29) is 17.9 Å². The fourth-order valence-electron chi connectivity index (χ4n) is 9.10. The molecule has 3 saturated heterocycles. The number of imide groups is 1. The lowest BCUT2D eigenvalue weighted by Crippen LogP contribution is -2.50. The molecular weight excluding hydrogens is 712 g/mol. The van der Waals surface area contributed by atoms with E-state index in [0.717, 1.165) is 115 Å². The summed E-state index contributed by atoms with van der Waals surface area (Å²) in [6.07, 6.45) is 6.82. The molecule has 0 spiro atoms. The standard InChI is InChI=1S/C42H49FN10O3/c1-26-21-32(7-8-36(26)53-19-13-38(54)49-42(53)55)50-16-10-31(11-17-50)51-18-12-33(34(43)24-51)28-3-5-30(6-4-28)47-41-46-22-29-9-15-52(25-35(29)48-41)37-23-45-40-39(27(37)2)44-14-20-56-40/h3-8,21-23,31,33-34,44H,9-20,24-25H2,1-2H3,(H,46,47,48)(H,49,54,55)/t33-,34-/m0/s1. The zero-order valence-electron chi connectivity index (χ0n) is 32.1. The fraction of sp³-hybridized carbons (Fsp3) is 0.452. The monoisotopic (exact) mass is 760 g/mol. The van der Waals surface area contributed by atoms with Gasteiger partial charge in [0.25, 0.3) is 0 Å². The van der Waals surface area contributed by atoms with Crippen LogP contribution in [0.3, 0.4) is 0 Å². The van der Waals surface area contributed by atoms with Gasteiger partial charge in [-0.1, -0.05) is 12.1 Å². The molecule has 0 radical (unpaired) electrons. The minimum absolute atomic E-state index is 0.128. The van der Waals surface area contributed by atoms with Gasteiger partial charge in [0.05, 0.1) is 24.1 Å². The number of alkyl halides is 1. The van der Waals surface area contributed by atoms with Crippen LogP contribution in [0.4, 0.5) is 43.6 Å². The van der Waals surface area contributed by atoms with E-state index in [0.29, 0.717) is 50.5 Å². The summed E-state index contributed by atoms with van der Waals surface area (Å²) in [5.74, 6) is 0.855. The number of nitrogens with one attached hydrogen (secondary N) is 3. The number of halogens is 1. The first-order chi connectivity index (χ1) is 27.3. The van der Waals surface area contributed by atoms with E-state index < -0.39 is 6.17 Å². The van der Waals surface area contributed by atoms with Crippen LogP contribution in [-0.4, -0.2) is 96.4 Å². The van der Waals surface area contributed by atoms with Crippen LogP contribution < -0.4 is 35.4 Å². The lowest BCUT2D eigenvalue weighted by atomic mass is 9.86. The molecule has 0 saturated carbocycles. The number of piperidine rings is 2. The number of likely N-dealkylation sites (tertiary alicyclic amines) is 1. The molecule has 0 unspecified atom stereocenters. The van der Waals surface area contributed by atoms with Crippen molar-refractivity contribution in [1.82, 2.24) is 25.2 Å². The molecule has 3 fully saturated rings. The number of hydrogen-bond donors (Lipinski definition) is 3. The fourth-order valence-corrected chi connectivity index (χ4v) is 9.10. The Balaban J connectivity index is 0.772. The average molecular weight is 761 g/mol. The molecule has 5 aliphatic rings. The Morgan fingerprint density at radius 1 is 0.893 bits per heavy atom. The van der Waals surface area contributed by atoms with E-state index in [1.54, 1.807) is 4.90 Å². The maximum absolute atomic E-state index is 15.9. The van der Waals surface area contributed by atoms with Gasteiger partial charge in [-0.3, -0.25) is 19.9 Å². The number of rotatable bonds is 7. The summed E-state index contributed by atoms with van der Waals surface area (Å²) >= 11 is 0. The number of hydrogen-bond acceptors (Lipinski definition) is 11. The summed E-state index contributed by atoms with van der Waals surface area (Å²) in [4.78, 5) is 46.8. The van der Waals surface area contributed by atoms with Crippen LogP contribution in [0.1, 0.15) is 59.5 Å². The van der Waals surface area contributed by atoms with E-state index in [1.807, 2.05) is 49.6 Å². The van der Waals surface area contributed by atoms with Gasteiger partial charge in [-0.05, 0) is 93.1 Å². The second-order valence-corrected chi connectivity index (χ2v) is 15.7. The number of pyridine rings is 1. The normalized spacial score (nSPS) is 21.8. The van der Waals surface area contributed by atoms with E-state index in [1.165, 1.54) is 0 Å². The Hall–Kier alpha value is -5.50. The molecule has 56 heavy (non-hydrogen) atoms. The number of carbonyl (C=O) groups excluding carboxylic acids is 2. The molecule has 13 nitrogen and oxygen atoms in total. The number of nitrogens with zero attached hydrogens (tertiary/aromatic N) is 7. The third-order valence-corrected chi connectivity index (χ3v) is 12.2. The van der Waals surface area contributed by atoms with Crippen molar-refractivity contribution in [3.8, 4) is 5.88 Å². The number of aryl methyl sites for hydroxylation is 1. The van der Waals surface area contributed by atoms with E-state index in [9.17, 15) is 9.59 Å². The summed E-state index contributed by atoms with van der Waals surface area (Å²) in [6.45, 7) is 10.6. The maximum atomic E-state index is 15.9. The molecule has 7 heterocycles. The first kappa shape index (κ1) is 36.2. The molecule has 0 aliphatic carbocycles. The molecule has 0 bridgehead atoms. The quantitative estimate of drug-likeness (QED) is 0.210. The van der Waals surface area contributed by atoms with Crippen LogP contribution >= 0.6 is 0 Å². The number of amides is 3. The number of anilines is 6. The van der Waals surface area contributed by atoms with Crippen molar-refractivity contribution in [2.75, 3.05) is 77.8 Å². The second-order valence-electron chi connectivity index (χ2n) is 15.7. The Morgan fingerprint density at radius 2 is 1.73 bits per heavy atom.